The van der Waals surface area contributed by atoms with Gasteiger partial charge in [-0.2, -0.15) is 0 Å². The molecule has 0 atom stereocenters. The molecule has 0 heterocycles. The lowest BCUT2D eigenvalue weighted by Crippen LogP contribution is -2.02. The van der Waals surface area contributed by atoms with Crippen molar-refractivity contribution < 1.29 is 14.4 Å². The Balaban J connectivity index is 2.32. The average molecular weight is 294 g/mol. The van der Waals surface area contributed by atoms with E-state index in [1.165, 1.54) is 44.2 Å². The van der Waals surface area contributed by atoms with Gasteiger partial charge in [-0.05, 0) is 30.7 Å². The van der Waals surface area contributed by atoms with E-state index in [-0.39, 0.29) is 5.30 Å². The van der Waals surface area contributed by atoms with E-state index in [0.29, 0.717) is 0 Å². The summed E-state index contributed by atoms with van der Waals surface area (Å²) < 4.78 is 11.0. The van der Waals surface area contributed by atoms with Gasteiger partial charge in [-0.1, -0.05) is 50.9 Å². The Morgan fingerprint density at radius 1 is 1.00 bits per heavy atom. The zero-order chi connectivity index (χ0) is 14.8. The number of rotatable bonds is 7. The molecule has 0 saturated heterocycles. The van der Waals surface area contributed by atoms with E-state index < -0.39 is 7.60 Å². The Morgan fingerprint density at radius 3 is 2.20 bits per heavy atom. The van der Waals surface area contributed by atoms with Gasteiger partial charge in [-0.3, -0.25) is 4.57 Å². The highest BCUT2D eigenvalue weighted by Gasteiger charge is 2.15. The standard InChI is InChI=1S/C16H23O3P/c1-2-3-4-5-6-7-8-9-10-15-11-13-16(14-12-15)20(17,18)19/h11-14H,2-8H2,1H3,(H2,17,18,19). The second-order valence-electron chi connectivity index (χ2n) is 4.91. The number of benzene rings is 1. The normalized spacial score (nSPS) is 10.9. The van der Waals surface area contributed by atoms with E-state index in [2.05, 4.69) is 18.8 Å². The average Bonchev–Trinajstić information content (AvgIpc) is 2.41. The molecule has 1 rings (SSSR count). The van der Waals surface area contributed by atoms with Gasteiger partial charge in [-0.25, -0.2) is 0 Å². The molecule has 1 aromatic rings. The van der Waals surface area contributed by atoms with Crippen molar-refractivity contribution in [3.05, 3.63) is 29.8 Å². The Kier molecular flexibility index (Phi) is 7.62. The SMILES string of the molecule is CCCCCCCCC#Cc1ccc(P(=O)(O)O)cc1. The largest absolute Gasteiger partial charge is 0.356 e. The fourth-order valence-corrected chi connectivity index (χ4v) is 2.43. The van der Waals surface area contributed by atoms with Crippen molar-refractivity contribution in [2.45, 2.75) is 51.9 Å². The lowest BCUT2D eigenvalue weighted by atomic mass is 10.1. The van der Waals surface area contributed by atoms with Gasteiger partial charge >= 0.3 is 7.60 Å². The zero-order valence-corrected chi connectivity index (χ0v) is 12.9. The highest BCUT2D eigenvalue weighted by Crippen LogP contribution is 2.32. The lowest BCUT2D eigenvalue weighted by Gasteiger charge is -2.02. The van der Waals surface area contributed by atoms with E-state index in [1.807, 2.05) is 0 Å². The molecule has 0 saturated carbocycles. The molecule has 0 fully saturated rings. The van der Waals surface area contributed by atoms with E-state index in [4.69, 9.17) is 9.79 Å². The van der Waals surface area contributed by atoms with Gasteiger partial charge < -0.3 is 9.79 Å². The molecule has 0 bridgehead atoms. The lowest BCUT2D eigenvalue weighted by molar-refractivity contribution is 0.387. The molecule has 0 aliphatic heterocycles. The molecule has 0 aliphatic rings. The van der Waals surface area contributed by atoms with Crippen LogP contribution in [0.15, 0.2) is 24.3 Å². The van der Waals surface area contributed by atoms with E-state index in [1.54, 1.807) is 12.1 Å². The molecular weight excluding hydrogens is 271 g/mol. The third kappa shape index (κ3) is 6.91. The Labute approximate surface area is 121 Å². The summed E-state index contributed by atoms with van der Waals surface area (Å²) in [4.78, 5) is 18.0. The van der Waals surface area contributed by atoms with Gasteiger partial charge in [0.05, 0.1) is 5.30 Å². The smallest absolute Gasteiger partial charge is 0.321 e. The third-order valence-corrected chi connectivity index (χ3v) is 4.06. The maximum Gasteiger partial charge on any atom is 0.356 e. The zero-order valence-electron chi connectivity index (χ0n) is 12.0. The van der Waals surface area contributed by atoms with Crippen molar-refractivity contribution in [2.24, 2.45) is 0 Å². The first-order chi connectivity index (χ1) is 9.54. The molecule has 0 amide bonds. The summed E-state index contributed by atoms with van der Waals surface area (Å²) in [5.41, 5.74) is 0.799. The maximum atomic E-state index is 11.0. The van der Waals surface area contributed by atoms with E-state index in [9.17, 15) is 4.57 Å². The molecule has 20 heavy (non-hydrogen) atoms. The van der Waals surface area contributed by atoms with E-state index >= 15 is 0 Å². The van der Waals surface area contributed by atoms with Crippen LogP contribution < -0.4 is 5.30 Å². The summed E-state index contributed by atoms with van der Waals surface area (Å²) in [6.07, 6.45) is 8.41. The fraction of sp³-hybridized carbons (Fsp3) is 0.500. The van der Waals surface area contributed by atoms with Crippen molar-refractivity contribution >= 4 is 12.9 Å². The molecule has 2 N–H and O–H groups in total. The van der Waals surface area contributed by atoms with Crippen LogP contribution in [-0.4, -0.2) is 9.79 Å². The van der Waals surface area contributed by atoms with Gasteiger partial charge in [-0.15, -0.1) is 0 Å². The molecule has 4 heteroatoms. The highest BCUT2D eigenvalue weighted by atomic mass is 31.2. The summed E-state index contributed by atoms with van der Waals surface area (Å²) in [5.74, 6) is 6.13. The highest BCUT2D eigenvalue weighted by molar-refractivity contribution is 7.60. The molecular formula is C16H23O3P. The van der Waals surface area contributed by atoms with Crippen LogP contribution in [0.2, 0.25) is 0 Å². The molecule has 110 valence electrons. The van der Waals surface area contributed by atoms with Crippen molar-refractivity contribution in [2.75, 3.05) is 0 Å². The Morgan fingerprint density at radius 2 is 1.60 bits per heavy atom. The van der Waals surface area contributed by atoms with Gasteiger partial charge in [0, 0.05) is 12.0 Å². The quantitative estimate of drug-likeness (QED) is 0.459. The Bertz CT molecular complexity index is 491. The van der Waals surface area contributed by atoms with Gasteiger partial charge in [0.25, 0.3) is 0 Å². The molecule has 0 spiro atoms. The summed E-state index contributed by atoms with van der Waals surface area (Å²) in [6.45, 7) is 2.21. The molecule has 1 aromatic carbocycles. The van der Waals surface area contributed by atoms with Crippen molar-refractivity contribution in [1.29, 1.82) is 0 Å². The van der Waals surface area contributed by atoms with Gasteiger partial charge in [0.1, 0.15) is 0 Å². The minimum Gasteiger partial charge on any atom is -0.321 e. The van der Waals surface area contributed by atoms with Gasteiger partial charge in [0.2, 0.25) is 0 Å². The summed E-state index contributed by atoms with van der Waals surface area (Å²) in [5, 5.41) is 0.0407. The second kappa shape index (κ2) is 8.97. The second-order valence-corrected chi connectivity index (χ2v) is 6.51. The first kappa shape index (κ1) is 17.0. The first-order valence-electron chi connectivity index (χ1n) is 7.19. The molecule has 0 unspecified atom stereocenters. The van der Waals surface area contributed by atoms with Crippen LogP contribution in [0.5, 0.6) is 0 Å². The molecule has 3 nitrogen and oxygen atoms in total. The van der Waals surface area contributed by atoms with Gasteiger partial charge in [0.15, 0.2) is 0 Å². The number of hydrogen-bond donors (Lipinski definition) is 2. The molecule has 0 aliphatic carbocycles. The Hall–Kier alpha value is -1.07. The van der Waals surface area contributed by atoms with Crippen LogP contribution in [0.3, 0.4) is 0 Å². The summed E-state index contributed by atoms with van der Waals surface area (Å²) >= 11 is 0. The predicted octanol–water partition coefficient (Wildman–Crippen LogP) is 3.59. The topological polar surface area (TPSA) is 57.5 Å². The minimum absolute atomic E-state index is 0.0407. The first-order valence-corrected chi connectivity index (χ1v) is 8.80. The molecule has 0 aromatic heterocycles. The van der Waals surface area contributed by atoms with Crippen LogP contribution in [0.25, 0.3) is 0 Å². The minimum atomic E-state index is -4.14. The van der Waals surface area contributed by atoms with Crippen LogP contribution in [0, 0.1) is 11.8 Å². The number of unbranched alkanes of at least 4 members (excludes halogenated alkanes) is 6. The van der Waals surface area contributed by atoms with Crippen molar-refractivity contribution in [3.63, 3.8) is 0 Å². The monoisotopic (exact) mass is 294 g/mol. The number of hydrogen-bond acceptors (Lipinski definition) is 1. The van der Waals surface area contributed by atoms with Crippen molar-refractivity contribution in [1.82, 2.24) is 0 Å². The fourth-order valence-electron chi connectivity index (χ4n) is 1.90. The van der Waals surface area contributed by atoms with Crippen LogP contribution in [0.4, 0.5) is 0 Å². The van der Waals surface area contributed by atoms with Crippen molar-refractivity contribution in [3.8, 4) is 11.8 Å². The maximum absolute atomic E-state index is 11.0. The summed E-state index contributed by atoms with van der Waals surface area (Å²) in [6, 6.07) is 6.19. The van der Waals surface area contributed by atoms with Crippen LogP contribution in [-0.2, 0) is 4.57 Å². The van der Waals surface area contributed by atoms with Crippen LogP contribution in [0.1, 0.15) is 57.4 Å². The van der Waals surface area contributed by atoms with Crippen LogP contribution >= 0.6 is 7.60 Å². The predicted molar refractivity (Wildman–Crippen MR) is 83.0 cm³/mol. The third-order valence-electron chi connectivity index (χ3n) is 3.09. The van der Waals surface area contributed by atoms with E-state index in [0.717, 1.165) is 18.4 Å². The summed E-state index contributed by atoms with van der Waals surface area (Å²) in [7, 11) is -4.14. The molecule has 0 radical (unpaired) electrons.